The van der Waals surface area contributed by atoms with Crippen molar-refractivity contribution in [2.45, 2.75) is 11.3 Å². The highest BCUT2D eigenvalue weighted by Crippen LogP contribution is 2.38. The van der Waals surface area contributed by atoms with Gasteiger partial charge in [0.1, 0.15) is 40.1 Å². The van der Waals surface area contributed by atoms with E-state index in [4.69, 9.17) is 18.7 Å². The topological polar surface area (TPSA) is 145 Å². The number of hydroxylamine groups is 2. The number of furan rings is 1. The third-order valence-electron chi connectivity index (χ3n) is 5.91. The number of rotatable bonds is 8. The van der Waals surface area contributed by atoms with Crippen LogP contribution in [0.3, 0.4) is 0 Å². The predicted molar refractivity (Wildman–Crippen MR) is 131 cm³/mol. The number of para-hydroxylation sites is 1. The van der Waals surface area contributed by atoms with Gasteiger partial charge in [-0.1, -0.05) is 6.07 Å². The molecule has 4 heterocycles. The number of aliphatic imine (C=N–C) groups is 1. The van der Waals surface area contributed by atoms with Crippen LogP contribution < -0.4 is 19.5 Å². The first kappa shape index (κ1) is 24.7. The van der Waals surface area contributed by atoms with E-state index in [1.807, 2.05) is 0 Å². The second-order valence-corrected chi connectivity index (χ2v) is 9.98. The number of ether oxygens (including phenoxy) is 2. The summed E-state index contributed by atoms with van der Waals surface area (Å²) in [6.07, 6.45) is 2.61. The van der Waals surface area contributed by atoms with Crippen LogP contribution in [0.2, 0.25) is 0 Å². The molecule has 1 fully saturated rings. The van der Waals surface area contributed by atoms with E-state index in [1.54, 1.807) is 37.4 Å². The summed E-state index contributed by atoms with van der Waals surface area (Å²) in [7, 11) is 0.362. The third-order valence-corrected chi connectivity index (χ3v) is 7.56. The molecule has 13 nitrogen and oxygen atoms in total. The van der Waals surface area contributed by atoms with Crippen LogP contribution in [0.15, 0.2) is 58.0 Å². The van der Waals surface area contributed by atoms with Gasteiger partial charge >= 0.3 is 0 Å². The minimum atomic E-state index is -4.17. The summed E-state index contributed by atoms with van der Waals surface area (Å²) >= 11 is 0. The molecule has 0 spiro atoms. The molecule has 0 bridgehead atoms. The first-order valence-corrected chi connectivity index (χ1v) is 12.6. The smallest absolute Gasteiger partial charge is 0.243 e. The van der Waals surface area contributed by atoms with Crippen LogP contribution in [0.4, 0.5) is 10.3 Å². The molecule has 2 aliphatic rings. The molecule has 2 N–H and O–H groups in total. The second kappa shape index (κ2) is 9.84. The van der Waals surface area contributed by atoms with Gasteiger partial charge < -0.3 is 19.2 Å². The zero-order valence-electron chi connectivity index (χ0n) is 20.1. The molecule has 1 saturated heterocycles. The number of nitrogens with one attached hydrogen (secondary N) is 2. The van der Waals surface area contributed by atoms with Crippen molar-refractivity contribution in [1.29, 1.82) is 0 Å². The standard InChI is InChI=1S/C22H24FN7O6S/c1-29-19(20-24-10-13(23)11-25-20)17(12-36-29)37(31,32)28-22-27-26-21(16-8-5-9-35-16)30(22)18-14(33-2)6-4-7-15(18)34-3/h4-10,17,19H,11-12H2,1-3H3,(H,24,25)(H,27,28)/t17-,19-/m0/s1. The molecule has 0 amide bonds. The molecular formula is C22H24FN7O6S. The normalized spacial score (nSPS) is 20.2. The quantitative estimate of drug-likeness (QED) is 0.439. The summed E-state index contributed by atoms with van der Waals surface area (Å²) in [6, 6.07) is 7.62. The summed E-state index contributed by atoms with van der Waals surface area (Å²) in [4.78, 5) is 9.65. The van der Waals surface area contributed by atoms with E-state index in [0.29, 0.717) is 22.9 Å². The van der Waals surface area contributed by atoms with E-state index in [-0.39, 0.29) is 30.8 Å². The number of nitrogens with zero attached hydrogens (tertiary/aromatic N) is 5. The zero-order chi connectivity index (χ0) is 26.2. The Morgan fingerprint density at radius 1 is 1.16 bits per heavy atom. The largest absolute Gasteiger partial charge is 0.494 e. The summed E-state index contributed by atoms with van der Waals surface area (Å²) in [5.41, 5.74) is 0.358. The first-order valence-electron chi connectivity index (χ1n) is 11.1. The predicted octanol–water partition coefficient (Wildman–Crippen LogP) is 1.71. The number of sulfonamides is 1. The van der Waals surface area contributed by atoms with Crippen molar-refractivity contribution in [3.8, 4) is 28.8 Å². The van der Waals surface area contributed by atoms with E-state index in [0.717, 1.165) is 6.20 Å². The lowest BCUT2D eigenvalue weighted by atomic mass is 10.2. The first-order chi connectivity index (χ1) is 17.8. The number of hydrogen-bond donors (Lipinski definition) is 2. The molecule has 1 aromatic carbocycles. The molecule has 3 aromatic rings. The maximum atomic E-state index is 13.7. The number of benzene rings is 1. The molecule has 0 saturated carbocycles. The fourth-order valence-electron chi connectivity index (χ4n) is 4.17. The van der Waals surface area contributed by atoms with Crippen LogP contribution in [-0.2, 0) is 14.9 Å². The lowest BCUT2D eigenvalue weighted by molar-refractivity contribution is -0.0975. The maximum absolute atomic E-state index is 13.7. The van der Waals surface area contributed by atoms with Gasteiger partial charge in [0.2, 0.25) is 21.8 Å². The molecule has 2 aliphatic heterocycles. The van der Waals surface area contributed by atoms with E-state index < -0.39 is 27.1 Å². The molecule has 0 radical (unpaired) electrons. The maximum Gasteiger partial charge on any atom is 0.243 e. The van der Waals surface area contributed by atoms with Crippen LogP contribution in [0.25, 0.3) is 17.3 Å². The molecule has 196 valence electrons. The van der Waals surface area contributed by atoms with E-state index >= 15 is 0 Å². The highest BCUT2D eigenvalue weighted by atomic mass is 32.2. The highest BCUT2D eigenvalue weighted by Gasteiger charge is 2.46. The van der Waals surface area contributed by atoms with Gasteiger partial charge in [-0.05, 0) is 24.3 Å². The molecule has 15 heteroatoms. The lowest BCUT2D eigenvalue weighted by Gasteiger charge is -2.25. The van der Waals surface area contributed by atoms with Gasteiger partial charge in [0.05, 0.1) is 33.6 Å². The summed E-state index contributed by atoms with van der Waals surface area (Å²) in [5, 5.41) is 11.3. The SMILES string of the molecule is COc1cccc(OC)c1-n1c(NS(=O)(=O)[C@H]2CON(C)[C@@H]2C2=NCC(F)=CN2)nnc1-c1ccco1. The van der Waals surface area contributed by atoms with Crippen LogP contribution in [0.1, 0.15) is 0 Å². The third kappa shape index (κ3) is 4.52. The lowest BCUT2D eigenvalue weighted by Crippen LogP contribution is -2.50. The Labute approximate surface area is 211 Å². The van der Waals surface area contributed by atoms with Crippen molar-refractivity contribution in [3.63, 3.8) is 0 Å². The molecule has 2 aromatic heterocycles. The van der Waals surface area contributed by atoms with Gasteiger partial charge in [-0.15, -0.1) is 10.2 Å². The average molecular weight is 534 g/mol. The summed E-state index contributed by atoms with van der Waals surface area (Å²) < 4.78 is 61.4. The number of halogens is 1. The molecule has 0 aliphatic carbocycles. The van der Waals surface area contributed by atoms with Crippen molar-refractivity contribution in [2.24, 2.45) is 4.99 Å². The van der Waals surface area contributed by atoms with E-state index in [1.165, 1.54) is 30.1 Å². The molecule has 5 rings (SSSR count). The Morgan fingerprint density at radius 3 is 2.54 bits per heavy atom. The van der Waals surface area contributed by atoms with E-state index in [9.17, 15) is 12.8 Å². The Bertz CT molecular complexity index is 1430. The van der Waals surface area contributed by atoms with Gasteiger partial charge in [0.15, 0.2) is 5.76 Å². The second-order valence-electron chi connectivity index (χ2n) is 8.08. The Balaban J connectivity index is 1.58. The fraction of sp³-hybridized carbons (Fsp3) is 0.318. The molecule has 0 unspecified atom stereocenters. The number of hydrogen-bond acceptors (Lipinski definition) is 11. The monoisotopic (exact) mass is 533 g/mol. The van der Waals surface area contributed by atoms with Crippen molar-refractivity contribution in [1.82, 2.24) is 25.1 Å². The highest BCUT2D eigenvalue weighted by molar-refractivity contribution is 7.93. The van der Waals surface area contributed by atoms with Gasteiger partial charge in [-0.3, -0.25) is 19.1 Å². The summed E-state index contributed by atoms with van der Waals surface area (Å²) in [5.74, 6) is 0.968. The minimum Gasteiger partial charge on any atom is -0.494 e. The van der Waals surface area contributed by atoms with Crippen LogP contribution >= 0.6 is 0 Å². The molecular weight excluding hydrogens is 509 g/mol. The Kier molecular flexibility index (Phi) is 6.57. The fourth-order valence-corrected chi connectivity index (χ4v) is 5.59. The Morgan fingerprint density at radius 2 is 1.92 bits per heavy atom. The van der Waals surface area contributed by atoms with Crippen molar-refractivity contribution >= 4 is 21.8 Å². The van der Waals surface area contributed by atoms with Crippen LogP contribution in [0, 0.1) is 0 Å². The van der Waals surface area contributed by atoms with Crippen molar-refractivity contribution in [3.05, 3.63) is 48.6 Å². The van der Waals surface area contributed by atoms with Gasteiger partial charge in [0, 0.05) is 13.2 Å². The van der Waals surface area contributed by atoms with Crippen molar-refractivity contribution < 1.29 is 31.5 Å². The zero-order valence-corrected chi connectivity index (χ0v) is 20.9. The van der Waals surface area contributed by atoms with Crippen LogP contribution in [-0.4, -0.2) is 79.8 Å². The number of anilines is 1. The number of aromatic nitrogens is 3. The summed E-state index contributed by atoms with van der Waals surface area (Å²) in [6.45, 7) is -0.359. The number of likely N-dealkylation sites (N-methyl/N-ethyl adjacent to an activating group) is 1. The van der Waals surface area contributed by atoms with E-state index in [2.05, 4.69) is 25.2 Å². The number of methoxy groups -OCH3 is 2. The molecule has 37 heavy (non-hydrogen) atoms. The average Bonchev–Trinajstić information content (AvgIpc) is 3.64. The van der Waals surface area contributed by atoms with Gasteiger partial charge in [0.25, 0.3) is 0 Å². The Hall–Kier alpha value is -3.95. The van der Waals surface area contributed by atoms with Gasteiger partial charge in [-0.2, -0.15) is 5.06 Å². The number of amidine groups is 1. The molecule has 2 atom stereocenters. The van der Waals surface area contributed by atoms with Crippen molar-refractivity contribution in [2.75, 3.05) is 39.1 Å². The minimum absolute atomic E-state index is 0.132. The van der Waals surface area contributed by atoms with Gasteiger partial charge in [-0.25, -0.2) is 12.8 Å². The van der Waals surface area contributed by atoms with Crippen LogP contribution in [0.5, 0.6) is 11.5 Å².